The average Bonchev–Trinajstić information content (AvgIpc) is 2.47. The van der Waals surface area contributed by atoms with Crippen LogP contribution in [0.4, 0.5) is 0 Å². The second kappa shape index (κ2) is 6.58. The molecule has 0 aromatic heterocycles. The van der Waals surface area contributed by atoms with Crippen LogP contribution in [0.25, 0.3) is 0 Å². The van der Waals surface area contributed by atoms with Gasteiger partial charge in [-0.15, -0.1) is 0 Å². The van der Waals surface area contributed by atoms with Crippen LogP contribution < -0.4 is 10.5 Å². The van der Waals surface area contributed by atoms with Crippen LogP contribution in [0.15, 0.2) is 18.2 Å². The predicted octanol–water partition coefficient (Wildman–Crippen LogP) is 0.117. The van der Waals surface area contributed by atoms with E-state index in [9.17, 15) is 9.90 Å². The zero-order valence-corrected chi connectivity index (χ0v) is 11.7. The molecule has 1 saturated heterocycles. The molecule has 0 radical (unpaired) electrons. The van der Waals surface area contributed by atoms with E-state index in [0.29, 0.717) is 30.9 Å². The van der Waals surface area contributed by atoms with Gasteiger partial charge in [-0.25, -0.2) is 0 Å². The third-order valence-electron chi connectivity index (χ3n) is 3.54. The lowest BCUT2D eigenvalue weighted by Crippen LogP contribution is -2.49. The second-order valence-electron chi connectivity index (χ2n) is 4.81. The molecule has 2 rings (SSSR count). The van der Waals surface area contributed by atoms with Crippen molar-refractivity contribution in [3.8, 4) is 11.5 Å². The number of ether oxygens (including phenoxy) is 1. The number of hydrogen-bond acceptors (Lipinski definition) is 5. The number of nitrogens with two attached hydrogens (primary N) is 1. The molecule has 1 aliphatic rings. The molecule has 0 bridgehead atoms. The highest BCUT2D eigenvalue weighted by molar-refractivity contribution is 5.97. The first-order valence-electron chi connectivity index (χ1n) is 6.74. The van der Waals surface area contributed by atoms with Crippen molar-refractivity contribution in [1.82, 2.24) is 9.80 Å². The van der Waals surface area contributed by atoms with Gasteiger partial charge < -0.3 is 20.5 Å². The molecule has 0 aliphatic carbocycles. The number of amides is 1. The summed E-state index contributed by atoms with van der Waals surface area (Å²) in [6.45, 7) is 4.44. The van der Waals surface area contributed by atoms with E-state index < -0.39 is 0 Å². The lowest BCUT2D eigenvalue weighted by atomic mass is 10.1. The highest BCUT2D eigenvalue weighted by Crippen LogP contribution is 2.24. The van der Waals surface area contributed by atoms with E-state index in [1.165, 1.54) is 13.2 Å². The van der Waals surface area contributed by atoms with Gasteiger partial charge in [0, 0.05) is 45.3 Å². The number of carbonyl (C=O) groups excluding carboxylic acids is 1. The predicted molar refractivity (Wildman–Crippen MR) is 76.1 cm³/mol. The first kappa shape index (κ1) is 14.6. The molecule has 6 nitrogen and oxygen atoms in total. The lowest BCUT2D eigenvalue weighted by molar-refractivity contribution is 0.0638. The van der Waals surface area contributed by atoms with Gasteiger partial charge in [-0.3, -0.25) is 9.69 Å². The van der Waals surface area contributed by atoms with Crippen LogP contribution in [-0.2, 0) is 0 Å². The fraction of sp³-hybridized carbons (Fsp3) is 0.500. The Morgan fingerprint density at radius 1 is 1.35 bits per heavy atom. The Balaban J connectivity index is 2.02. The van der Waals surface area contributed by atoms with Gasteiger partial charge in [0.2, 0.25) is 0 Å². The van der Waals surface area contributed by atoms with Crippen LogP contribution in [0.3, 0.4) is 0 Å². The number of methoxy groups -OCH3 is 1. The Kier molecular flexibility index (Phi) is 4.81. The first-order chi connectivity index (χ1) is 9.65. The number of carbonyl (C=O) groups is 1. The SMILES string of the molecule is COc1ccc(C(=O)N2CCN(CCN)CC2)c(O)c1. The summed E-state index contributed by atoms with van der Waals surface area (Å²) >= 11 is 0. The zero-order chi connectivity index (χ0) is 14.5. The van der Waals surface area contributed by atoms with Crippen LogP contribution in [-0.4, -0.2) is 67.2 Å². The Bertz CT molecular complexity index is 471. The summed E-state index contributed by atoms with van der Waals surface area (Å²) in [4.78, 5) is 16.4. The zero-order valence-electron chi connectivity index (χ0n) is 11.7. The monoisotopic (exact) mass is 279 g/mol. The molecule has 20 heavy (non-hydrogen) atoms. The Labute approximate surface area is 118 Å². The standard InChI is InChI=1S/C14H21N3O3/c1-20-11-2-3-12(13(18)10-11)14(19)17-8-6-16(5-4-15)7-9-17/h2-3,10,18H,4-9,15H2,1H3. The highest BCUT2D eigenvalue weighted by atomic mass is 16.5. The molecule has 0 spiro atoms. The van der Waals surface area contributed by atoms with Gasteiger partial charge in [-0.1, -0.05) is 0 Å². The van der Waals surface area contributed by atoms with E-state index in [-0.39, 0.29) is 11.7 Å². The van der Waals surface area contributed by atoms with Crippen molar-refractivity contribution in [2.75, 3.05) is 46.4 Å². The second-order valence-corrected chi connectivity index (χ2v) is 4.81. The van der Waals surface area contributed by atoms with Crippen LogP contribution in [0, 0.1) is 0 Å². The number of piperazine rings is 1. The molecule has 3 N–H and O–H groups in total. The molecule has 1 heterocycles. The summed E-state index contributed by atoms with van der Waals surface area (Å²) in [5.74, 6) is 0.350. The maximum Gasteiger partial charge on any atom is 0.257 e. The molecule has 1 fully saturated rings. The van der Waals surface area contributed by atoms with Gasteiger partial charge in [-0.2, -0.15) is 0 Å². The third kappa shape index (κ3) is 3.20. The summed E-state index contributed by atoms with van der Waals surface area (Å²) in [7, 11) is 1.52. The normalized spacial score (nSPS) is 16.2. The van der Waals surface area contributed by atoms with Crippen molar-refractivity contribution in [1.29, 1.82) is 0 Å². The van der Waals surface area contributed by atoms with E-state index in [4.69, 9.17) is 10.5 Å². The van der Waals surface area contributed by atoms with Crippen molar-refractivity contribution < 1.29 is 14.6 Å². The van der Waals surface area contributed by atoms with Gasteiger partial charge in [0.15, 0.2) is 0 Å². The average molecular weight is 279 g/mol. The van der Waals surface area contributed by atoms with Crippen LogP contribution in [0.2, 0.25) is 0 Å². The smallest absolute Gasteiger partial charge is 0.257 e. The number of aromatic hydroxyl groups is 1. The third-order valence-corrected chi connectivity index (χ3v) is 3.54. The summed E-state index contributed by atoms with van der Waals surface area (Å²) < 4.78 is 5.01. The Morgan fingerprint density at radius 2 is 2.05 bits per heavy atom. The Hall–Kier alpha value is -1.79. The Morgan fingerprint density at radius 3 is 2.60 bits per heavy atom. The summed E-state index contributed by atoms with van der Waals surface area (Å²) in [6.07, 6.45) is 0. The van der Waals surface area contributed by atoms with Crippen LogP contribution in [0.5, 0.6) is 11.5 Å². The summed E-state index contributed by atoms with van der Waals surface area (Å²) in [6, 6.07) is 4.73. The van der Waals surface area contributed by atoms with E-state index in [1.807, 2.05) is 0 Å². The van der Waals surface area contributed by atoms with E-state index in [2.05, 4.69) is 4.90 Å². The molecule has 0 unspecified atom stereocenters. The van der Waals surface area contributed by atoms with Gasteiger partial charge in [-0.05, 0) is 12.1 Å². The molecule has 6 heteroatoms. The minimum absolute atomic E-state index is 0.0428. The number of rotatable bonds is 4. The quantitative estimate of drug-likeness (QED) is 0.818. The number of benzene rings is 1. The van der Waals surface area contributed by atoms with E-state index in [1.54, 1.807) is 17.0 Å². The van der Waals surface area contributed by atoms with Crippen molar-refractivity contribution in [3.63, 3.8) is 0 Å². The van der Waals surface area contributed by atoms with Crippen molar-refractivity contribution in [2.24, 2.45) is 5.73 Å². The fourth-order valence-corrected chi connectivity index (χ4v) is 2.35. The molecule has 0 saturated carbocycles. The molecule has 110 valence electrons. The molecule has 1 aliphatic heterocycles. The molecule has 0 atom stereocenters. The minimum atomic E-state index is -0.141. The van der Waals surface area contributed by atoms with Gasteiger partial charge in [0.1, 0.15) is 11.5 Å². The van der Waals surface area contributed by atoms with Crippen molar-refractivity contribution in [2.45, 2.75) is 0 Å². The molecular formula is C14H21N3O3. The fourth-order valence-electron chi connectivity index (χ4n) is 2.35. The maximum atomic E-state index is 12.4. The highest BCUT2D eigenvalue weighted by Gasteiger charge is 2.23. The lowest BCUT2D eigenvalue weighted by Gasteiger charge is -2.34. The number of nitrogens with zero attached hydrogens (tertiary/aromatic N) is 2. The number of phenolic OH excluding ortho intramolecular Hbond substituents is 1. The van der Waals surface area contributed by atoms with Gasteiger partial charge in [0.05, 0.1) is 12.7 Å². The molecule has 1 aromatic carbocycles. The van der Waals surface area contributed by atoms with Crippen LogP contribution >= 0.6 is 0 Å². The number of hydrogen-bond donors (Lipinski definition) is 2. The minimum Gasteiger partial charge on any atom is -0.507 e. The first-order valence-corrected chi connectivity index (χ1v) is 6.74. The number of phenols is 1. The van der Waals surface area contributed by atoms with Crippen LogP contribution in [0.1, 0.15) is 10.4 Å². The summed E-state index contributed by atoms with van der Waals surface area (Å²) in [5.41, 5.74) is 5.84. The van der Waals surface area contributed by atoms with Crippen molar-refractivity contribution in [3.05, 3.63) is 23.8 Å². The summed E-state index contributed by atoms with van der Waals surface area (Å²) in [5, 5.41) is 9.91. The molecule has 1 aromatic rings. The van der Waals surface area contributed by atoms with Gasteiger partial charge in [0.25, 0.3) is 5.91 Å². The molecule has 1 amide bonds. The topological polar surface area (TPSA) is 79.0 Å². The van der Waals surface area contributed by atoms with E-state index in [0.717, 1.165) is 19.6 Å². The van der Waals surface area contributed by atoms with Gasteiger partial charge >= 0.3 is 0 Å². The van der Waals surface area contributed by atoms with Crippen molar-refractivity contribution >= 4 is 5.91 Å². The maximum absolute atomic E-state index is 12.4. The largest absolute Gasteiger partial charge is 0.507 e. The van der Waals surface area contributed by atoms with E-state index >= 15 is 0 Å². The molecular weight excluding hydrogens is 258 g/mol.